The molecule has 0 saturated heterocycles. The predicted molar refractivity (Wildman–Crippen MR) is 78.0 cm³/mol. The molecule has 0 aliphatic rings. The van der Waals surface area contributed by atoms with E-state index in [-0.39, 0.29) is 5.97 Å². The van der Waals surface area contributed by atoms with Gasteiger partial charge in [0.05, 0.1) is 6.61 Å². The molecule has 0 unspecified atom stereocenters. The smallest absolute Gasteiger partial charge is 0.305 e. The Morgan fingerprint density at radius 3 is 2.74 bits per heavy atom. The molecule has 0 aromatic heterocycles. The van der Waals surface area contributed by atoms with Gasteiger partial charge in [-0.2, -0.15) is 0 Å². The first-order valence-electron chi connectivity index (χ1n) is 7.15. The molecule has 0 radical (unpaired) electrons. The van der Waals surface area contributed by atoms with E-state index in [1.807, 2.05) is 6.92 Å². The number of ether oxygens (including phenoxy) is 1. The van der Waals surface area contributed by atoms with Crippen molar-refractivity contribution in [2.24, 2.45) is 0 Å². The van der Waals surface area contributed by atoms with Gasteiger partial charge in [-0.05, 0) is 43.9 Å². The number of benzene rings is 1. The van der Waals surface area contributed by atoms with Gasteiger partial charge in [-0.15, -0.1) is 0 Å². The Hall–Kier alpha value is -1.35. The molecular weight excluding hydrogens is 238 g/mol. The fourth-order valence-corrected chi connectivity index (χ4v) is 1.85. The van der Waals surface area contributed by atoms with E-state index in [2.05, 4.69) is 36.5 Å². The molecule has 0 amide bonds. The number of hydrogen-bond acceptors (Lipinski definition) is 3. The highest BCUT2D eigenvalue weighted by Crippen LogP contribution is 2.06. The van der Waals surface area contributed by atoms with E-state index in [1.165, 1.54) is 11.1 Å². The van der Waals surface area contributed by atoms with Crippen LogP contribution in [0.5, 0.6) is 0 Å². The Balaban J connectivity index is 1.97. The summed E-state index contributed by atoms with van der Waals surface area (Å²) in [5.74, 6) is -0.0994. The van der Waals surface area contributed by atoms with Crippen molar-refractivity contribution in [1.82, 2.24) is 5.32 Å². The van der Waals surface area contributed by atoms with Gasteiger partial charge >= 0.3 is 5.97 Å². The second-order valence-electron chi connectivity index (χ2n) is 4.74. The Bertz CT molecular complexity index is 377. The zero-order chi connectivity index (χ0) is 13.9. The van der Waals surface area contributed by atoms with Crippen molar-refractivity contribution in [3.05, 3.63) is 35.4 Å². The van der Waals surface area contributed by atoms with Gasteiger partial charge in [0.2, 0.25) is 0 Å². The van der Waals surface area contributed by atoms with Crippen LogP contribution in [0.4, 0.5) is 0 Å². The summed E-state index contributed by atoms with van der Waals surface area (Å²) in [6.07, 6.45) is 3.64. The first kappa shape index (κ1) is 15.7. The Morgan fingerprint density at radius 2 is 2.00 bits per heavy atom. The fourth-order valence-electron chi connectivity index (χ4n) is 1.85. The third-order valence-electron chi connectivity index (χ3n) is 3.13. The van der Waals surface area contributed by atoms with Crippen molar-refractivity contribution in [1.29, 1.82) is 0 Å². The molecule has 0 bridgehead atoms. The maximum Gasteiger partial charge on any atom is 0.305 e. The molecule has 0 aliphatic heterocycles. The van der Waals surface area contributed by atoms with E-state index in [0.29, 0.717) is 13.0 Å². The van der Waals surface area contributed by atoms with E-state index < -0.39 is 0 Å². The normalized spacial score (nSPS) is 10.4. The summed E-state index contributed by atoms with van der Waals surface area (Å²) in [5.41, 5.74) is 2.70. The summed E-state index contributed by atoms with van der Waals surface area (Å²) >= 11 is 0. The molecule has 1 aromatic carbocycles. The molecule has 0 saturated carbocycles. The van der Waals surface area contributed by atoms with Crippen LogP contribution in [0.15, 0.2) is 24.3 Å². The van der Waals surface area contributed by atoms with Gasteiger partial charge in [0.25, 0.3) is 0 Å². The van der Waals surface area contributed by atoms with Crippen LogP contribution >= 0.6 is 0 Å². The summed E-state index contributed by atoms with van der Waals surface area (Å²) in [6.45, 7) is 6.45. The van der Waals surface area contributed by atoms with Crippen molar-refractivity contribution < 1.29 is 9.53 Å². The zero-order valence-corrected chi connectivity index (χ0v) is 12.1. The minimum Gasteiger partial charge on any atom is -0.466 e. The molecule has 1 rings (SSSR count). The van der Waals surface area contributed by atoms with Crippen molar-refractivity contribution in [3.63, 3.8) is 0 Å². The average Bonchev–Trinajstić information content (AvgIpc) is 2.43. The van der Waals surface area contributed by atoms with E-state index in [9.17, 15) is 4.79 Å². The molecule has 19 heavy (non-hydrogen) atoms. The Morgan fingerprint density at radius 1 is 1.21 bits per heavy atom. The number of unbranched alkanes of at least 4 members (excludes halogenated alkanes) is 2. The van der Waals surface area contributed by atoms with Gasteiger partial charge in [-0.1, -0.05) is 31.2 Å². The van der Waals surface area contributed by atoms with Crippen LogP contribution in [0.2, 0.25) is 0 Å². The van der Waals surface area contributed by atoms with Crippen LogP contribution in [-0.2, 0) is 16.1 Å². The Labute approximate surface area is 116 Å². The molecule has 3 heteroatoms. The van der Waals surface area contributed by atoms with Crippen LogP contribution in [0.1, 0.15) is 43.7 Å². The van der Waals surface area contributed by atoms with E-state index in [4.69, 9.17) is 4.74 Å². The second kappa shape index (κ2) is 9.56. The highest BCUT2D eigenvalue weighted by molar-refractivity contribution is 5.68. The van der Waals surface area contributed by atoms with Crippen molar-refractivity contribution >= 4 is 5.97 Å². The number of hydrogen-bond donors (Lipinski definition) is 1. The lowest BCUT2D eigenvalue weighted by atomic mass is 10.1. The largest absolute Gasteiger partial charge is 0.466 e. The highest BCUT2D eigenvalue weighted by atomic mass is 16.5. The standard InChI is InChI=1S/C16H25NO2/c1-3-16(18)19-12-8-4-7-11-17-13-15-10-6-5-9-14(15)2/h5-6,9-10,17H,3-4,7-8,11-13H2,1-2H3. The minimum absolute atomic E-state index is 0.0994. The molecule has 3 nitrogen and oxygen atoms in total. The summed E-state index contributed by atoms with van der Waals surface area (Å²) in [6, 6.07) is 8.44. The molecular formula is C16H25NO2. The van der Waals surface area contributed by atoms with Crippen molar-refractivity contribution in [2.75, 3.05) is 13.2 Å². The van der Waals surface area contributed by atoms with Gasteiger partial charge in [0.1, 0.15) is 0 Å². The number of esters is 1. The van der Waals surface area contributed by atoms with E-state index in [0.717, 1.165) is 32.4 Å². The first-order chi connectivity index (χ1) is 9.24. The second-order valence-corrected chi connectivity index (χ2v) is 4.74. The summed E-state index contributed by atoms with van der Waals surface area (Å²) < 4.78 is 5.02. The fraction of sp³-hybridized carbons (Fsp3) is 0.562. The van der Waals surface area contributed by atoms with Gasteiger partial charge in [-0.3, -0.25) is 4.79 Å². The highest BCUT2D eigenvalue weighted by Gasteiger charge is 1.98. The molecule has 0 spiro atoms. The molecule has 1 N–H and O–H groups in total. The number of nitrogens with one attached hydrogen (secondary N) is 1. The molecule has 106 valence electrons. The zero-order valence-electron chi connectivity index (χ0n) is 12.1. The lowest BCUT2D eigenvalue weighted by Gasteiger charge is -2.07. The van der Waals surface area contributed by atoms with Crippen molar-refractivity contribution in [2.45, 2.75) is 46.1 Å². The summed E-state index contributed by atoms with van der Waals surface area (Å²) in [4.78, 5) is 10.9. The van der Waals surface area contributed by atoms with Gasteiger partial charge in [0.15, 0.2) is 0 Å². The van der Waals surface area contributed by atoms with Crippen LogP contribution in [0.3, 0.4) is 0 Å². The predicted octanol–water partition coefficient (Wildman–Crippen LogP) is 3.21. The van der Waals surface area contributed by atoms with Gasteiger partial charge in [-0.25, -0.2) is 0 Å². The third-order valence-corrected chi connectivity index (χ3v) is 3.13. The molecule has 0 aliphatic carbocycles. The van der Waals surface area contributed by atoms with Crippen LogP contribution in [-0.4, -0.2) is 19.1 Å². The lowest BCUT2D eigenvalue weighted by molar-refractivity contribution is -0.143. The molecule has 0 fully saturated rings. The van der Waals surface area contributed by atoms with E-state index >= 15 is 0 Å². The van der Waals surface area contributed by atoms with Crippen LogP contribution < -0.4 is 5.32 Å². The Kier molecular flexibility index (Phi) is 7.91. The number of aryl methyl sites for hydroxylation is 1. The lowest BCUT2D eigenvalue weighted by Crippen LogP contribution is -2.15. The monoisotopic (exact) mass is 263 g/mol. The number of rotatable bonds is 9. The number of carbonyl (C=O) groups is 1. The van der Waals surface area contributed by atoms with Gasteiger partial charge in [0, 0.05) is 13.0 Å². The molecule has 1 aromatic rings. The molecule has 0 heterocycles. The average molecular weight is 263 g/mol. The minimum atomic E-state index is -0.0994. The van der Waals surface area contributed by atoms with Crippen molar-refractivity contribution in [3.8, 4) is 0 Å². The maximum atomic E-state index is 10.9. The van der Waals surface area contributed by atoms with Crippen LogP contribution in [0.25, 0.3) is 0 Å². The first-order valence-corrected chi connectivity index (χ1v) is 7.15. The van der Waals surface area contributed by atoms with E-state index in [1.54, 1.807) is 0 Å². The number of carbonyl (C=O) groups excluding carboxylic acids is 1. The quantitative estimate of drug-likeness (QED) is 0.549. The van der Waals surface area contributed by atoms with Crippen LogP contribution in [0, 0.1) is 6.92 Å². The molecule has 0 atom stereocenters. The summed E-state index contributed by atoms with van der Waals surface area (Å²) in [7, 11) is 0. The SMILES string of the molecule is CCC(=O)OCCCCCNCc1ccccc1C. The topological polar surface area (TPSA) is 38.3 Å². The third kappa shape index (κ3) is 6.97. The summed E-state index contributed by atoms with van der Waals surface area (Å²) in [5, 5.41) is 3.45. The van der Waals surface area contributed by atoms with Gasteiger partial charge < -0.3 is 10.1 Å². The maximum absolute atomic E-state index is 10.9.